The summed E-state index contributed by atoms with van der Waals surface area (Å²) in [6.45, 7) is 1.41. The second kappa shape index (κ2) is 7.15. The SMILES string of the molecule is Cn1cccc1-c1noc(C2CCN(C(=O)CCc3ccccc3)C2)n1. The molecule has 1 aromatic carbocycles. The molecule has 1 atom stereocenters. The normalized spacial score (nSPS) is 17.0. The molecule has 0 saturated carbocycles. The molecular weight excluding hydrogens is 328 g/mol. The molecule has 1 aliphatic heterocycles. The Kier molecular flexibility index (Phi) is 4.56. The molecule has 0 radical (unpaired) electrons. The Morgan fingerprint density at radius 2 is 2.08 bits per heavy atom. The van der Waals surface area contributed by atoms with E-state index in [-0.39, 0.29) is 11.8 Å². The number of amides is 1. The van der Waals surface area contributed by atoms with E-state index in [1.54, 1.807) is 0 Å². The van der Waals surface area contributed by atoms with Gasteiger partial charge in [0.05, 0.1) is 11.6 Å². The highest BCUT2D eigenvalue weighted by Crippen LogP contribution is 2.28. The van der Waals surface area contributed by atoms with E-state index in [1.165, 1.54) is 5.56 Å². The molecule has 4 rings (SSSR count). The Labute approximate surface area is 152 Å². The summed E-state index contributed by atoms with van der Waals surface area (Å²) in [5.74, 6) is 1.54. The van der Waals surface area contributed by atoms with Crippen molar-refractivity contribution in [1.29, 1.82) is 0 Å². The monoisotopic (exact) mass is 350 g/mol. The third-order valence-corrected chi connectivity index (χ3v) is 4.98. The highest BCUT2D eigenvalue weighted by Gasteiger charge is 2.31. The van der Waals surface area contributed by atoms with Crippen LogP contribution in [0, 0.1) is 0 Å². The minimum absolute atomic E-state index is 0.122. The molecule has 0 aliphatic carbocycles. The van der Waals surface area contributed by atoms with E-state index in [4.69, 9.17) is 4.52 Å². The molecule has 6 heteroatoms. The third-order valence-electron chi connectivity index (χ3n) is 4.98. The van der Waals surface area contributed by atoms with E-state index >= 15 is 0 Å². The van der Waals surface area contributed by atoms with Crippen molar-refractivity contribution in [2.24, 2.45) is 7.05 Å². The number of aromatic nitrogens is 3. The average Bonchev–Trinajstić information content (AvgIpc) is 3.40. The number of carbonyl (C=O) groups is 1. The first-order valence-electron chi connectivity index (χ1n) is 8.98. The van der Waals surface area contributed by atoms with Gasteiger partial charge in [0.25, 0.3) is 0 Å². The lowest BCUT2D eigenvalue weighted by molar-refractivity contribution is -0.130. The molecule has 3 heterocycles. The maximum Gasteiger partial charge on any atom is 0.231 e. The highest BCUT2D eigenvalue weighted by molar-refractivity contribution is 5.76. The molecule has 0 spiro atoms. The summed E-state index contributed by atoms with van der Waals surface area (Å²) in [5, 5.41) is 4.10. The van der Waals surface area contributed by atoms with Gasteiger partial charge >= 0.3 is 0 Å². The van der Waals surface area contributed by atoms with Crippen molar-refractivity contribution >= 4 is 5.91 Å². The van der Waals surface area contributed by atoms with Gasteiger partial charge in [-0.05, 0) is 30.5 Å². The summed E-state index contributed by atoms with van der Waals surface area (Å²) in [5.41, 5.74) is 2.12. The number of hydrogen-bond donors (Lipinski definition) is 0. The van der Waals surface area contributed by atoms with E-state index in [1.807, 2.05) is 53.0 Å². The predicted octanol–water partition coefficient (Wildman–Crippen LogP) is 3.02. The van der Waals surface area contributed by atoms with Crippen LogP contribution in [0.2, 0.25) is 0 Å². The summed E-state index contributed by atoms with van der Waals surface area (Å²) in [6.07, 6.45) is 4.13. The standard InChI is InChI=1S/C20H22N4O2/c1-23-12-5-8-17(23)19-21-20(26-22-19)16-11-13-24(14-16)18(25)10-9-15-6-3-2-4-7-15/h2-8,12,16H,9-11,13-14H2,1H3. The quantitative estimate of drug-likeness (QED) is 0.709. The predicted molar refractivity (Wildman–Crippen MR) is 97.4 cm³/mol. The van der Waals surface area contributed by atoms with Crippen molar-refractivity contribution in [3.05, 3.63) is 60.1 Å². The lowest BCUT2D eigenvalue weighted by atomic mass is 10.1. The molecule has 6 nitrogen and oxygen atoms in total. The van der Waals surface area contributed by atoms with Gasteiger partial charge in [-0.2, -0.15) is 4.98 Å². The second-order valence-electron chi connectivity index (χ2n) is 6.77. The lowest BCUT2D eigenvalue weighted by Crippen LogP contribution is -2.28. The van der Waals surface area contributed by atoms with E-state index in [0.29, 0.717) is 24.7 Å². The van der Waals surface area contributed by atoms with Gasteiger partial charge in [-0.3, -0.25) is 4.79 Å². The van der Waals surface area contributed by atoms with Crippen LogP contribution in [0.1, 0.15) is 30.2 Å². The molecule has 1 unspecified atom stereocenters. The zero-order valence-electron chi connectivity index (χ0n) is 14.8. The average molecular weight is 350 g/mol. The van der Waals surface area contributed by atoms with Crippen molar-refractivity contribution in [3.8, 4) is 11.5 Å². The summed E-state index contributed by atoms with van der Waals surface area (Å²) in [7, 11) is 1.95. The maximum absolute atomic E-state index is 12.5. The van der Waals surface area contributed by atoms with Crippen LogP contribution >= 0.6 is 0 Å². The van der Waals surface area contributed by atoms with Crippen LogP contribution in [-0.2, 0) is 18.3 Å². The largest absolute Gasteiger partial charge is 0.348 e. The number of carbonyl (C=O) groups excluding carboxylic acids is 1. The molecule has 134 valence electrons. The molecule has 2 aromatic heterocycles. The number of hydrogen-bond acceptors (Lipinski definition) is 4. The first kappa shape index (κ1) is 16.6. The topological polar surface area (TPSA) is 64.2 Å². The minimum Gasteiger partial charge on any atom is -0.348 e. The van der Waals surface area contributed by atoms with Gasteiger partial charge in [0, 0.05) is 32.8 Å². The second-order valence-corrected chi connectivity index (χ2v) is 6.77. The van der Waals surface area contributed by atoms with Crippen LogP contribution in [0.3, 0.4) is 0 Å². The third kappa shape index (κ3) is 3.40. The summed E-state index contributed by atoms with van der Waals surface area (Å²) >= 11 is 0. The highest BCUT2D eigenvalue weighted by atomic mass is 16.5. The van der Waals surface area contributed by atoms with E-state index < -0.39 is 0 Å². The molecule has 1 amide bonds. The fourth-order valence-corrected chi connectivity index (χ4v) is 3.44. The number of benzene rings is 1. The summed E-state index contributed by atoms with van der Waals surface area (Å²) in [6, 6.07) is 14.0. The van der Waals surface area contributed by atoms with Crippen molar-refractivity contribution in [2.75, 3.05) is 13.1 Å². The van der Waals surface area contributed by atoms with Crippen LogP contribution in [-0.4, -0.2) is 38.6 Å². The fraction of sp³-hybridized carbons (Fsp3) is 0.350. The van der Waals surface area contributed by atoms with Crippen molar-refractivity contribution in [1.82, 2.24) is 19.6 Å². The maximum atomic E-state index is 12.5. The Balaban J connectivity index is 1.36. The van der Waals surface area contributed by atoms with Gasteiger partial charge in [0.1, 0.15) is 0 Å². The molecule has 0 N–H and O–H groups in total. The Hall–Kier alpha value is -2.89. The van der Waals surface area contributed by atoms with Crippen LogP contribution in [0.25, 0.3) is 11.5 Å². The number of rotatable bonds is 5. The Morgan fingerprint density at radius 3 is 2.85 bits per heavy atom. The van der Waals surface area contributed by atoms with Crippen molar-refractivity contribution in [2.45, 2.75) is 25.2 Å². The van der Waals surface area contributed by atoms with Crippen LogP contribution in [0.5, 0.6) is 0 Å². The minimum atomic E-state index is 0.122. The van der Waals surface area contributed by atoms with Crippen LogP contribution in [0.4, 0.5) is 0 Å². The number of aryl methyl sites for hydroxylation is 2. The first-order valence-corrected chi connectivity index (χ1v) is 8.98. The van der Waals surface area contributed by atoms with Crippen LogP contribution in [0.15, 0.2) is 53.2 Å². The van der Waals surface area contributed by atoms with E-state index in [0.717, 1.165) is 25.1 Å². The Bertz CT molecular complexity index is 884. The van der Waals surface area contributed by atoms with Gasteiger partial charge in [-0.15, -0.1) is 0 Å². The van der Waals surface area contributed by atoms with Gasteiger partial charge in [0.2, 0.25) is 17.6 Å². The van der Waals surface area contributed by atoms with Crippen molar-refractivity contribution in [3.63, 3.8) is 0 Å². The van der Waals surface area contributed by atoms with Gasteiger partial charge in [0.15, 0.2) is 0 Å². The molecule has 1 fully saturated rings. The summed E-state index contributed by atoms with van der Waals surface area (Å²) in [4.78, 5) is 19.0. The van der Waals surface area contributed by atoms with Gasteiger partial charge in [-0.1, -0.05) is 35.5 Å². The zero-order chi connectivity index (χ0) is 17.9. The lowest BCUT2D eigenvalue weighted by Gasteiger charge is -2.15. The first-order chi connectivity index (χ1) is 12.7. The van der Waals surface area contributed by atoms with Crippen molar-refractivity contribution < 1.29 is 9.32 Å². The van der Waals surface area contributed by atoms with E-state index in [2.05, 4.69) is 22.3 Å². The molecule has 1 saturated heterocycles. The number of likely N-dealkylation sites (tertiary alicyclic amines) is 1. The van der Waals surface area contributed by atoms with Gasteiger partial charge < -0.3 is 14.0 Å². The molecule has 26 heavy (non-hydrogen) atoms. The van der Waals surface area contributed by atoms with E-state index in [9.17, 15) is 4.79 Å². The van der Waals surface area contributed by atoms with Gasteiger partial charge in [-0.25, -0.2) is 0 Å². The zero-order valence-corrected chi connectivity index (χ0v) is 14.8. The smallest absolute Gasteiger partial charge is 0.231 e. The molecule has 3 aromatic rings. The Morgan fingerprint density at radius 1 is 1.23 bits per heavy atom. The fourth-order valence-electron chi connectivity index (χ4n) is 3.44. The molecule has 1 aliphatic rings. The number of nitrogens with zero attached hydrogens (tertiary/aromatic N) is 4. The molecule has 0 bridgehead atoms. The summed E-state index contributed by atoms with van der Waals surface area (Å²) < 4.78 is 7.43. The van der Waals surface area contributed by atoms with Crippen LogP contribution < -0.4 is 0 Å². The molecular formula is C20H22N4O2.